The quantitative estimate of drug-likeness (QED) is 0.843. The van der Waals surface area contributed by atoms with Crippen LogP contribution in [-0.4, -0.2) is 30.0 Å². The molecule has 1 aromatic carbocycles. The summed E-state index contributed by atoms with van der Waals surface area (Å²) in [5.41, 5.74) is 1.36. The fourth-order valence-electron chi connectivity index (χ4n) is 2.98. The number of benzene rings is 1. The predicted molar refractivity (Wildman–Crippen MR) is 85.5 cm³/mol. The van der Waals surface area contributed by atoms with Gasteiger partial charge in [0.25, 0.3) is 5.91 Å². The first kappa shape index (κ1) is 15.9. The molecule has 0 saturated carbocycles. The second-order valence-electron chi connectivity index (χ2n) is 6.86. The first-order valence-electron chi connectivity index (χ1n) is 7.93. The molecule has 0 N–H and O–H groups in total. The summed E-state index contributed by atoms with van der Waals surface area (Å²) in [5.74, 6) is 0.915. The number of nitrogens with zero attached hydrogens (tertiary/aromatic N) is 1. The van der Waals surface area contributed by atoms with E-state index < -0.39 is 0 Å². The van der Waals surface area contributed by atoms with Crippen LogP contribution in [0.3, 0.4) is 0 Å². The van der Waals surface area contributed by atoms with Crippen molar-refractivity contribution in [2.24, 2.45) is 5.41 Å². The minimum absolute atomic E-state index is 0.131. The smallest absolute Gasteiger partial charge is 0.263 e. The van der Waals surface area contributed by atoms with Crippen LogP contribution in [-0.2, 0) is 4.79 Å². The van der Waals surface area contributed by atoms with Crippen molar-refractivity contribution in [3.63, 3.8) is 0 Å². The number of rotatable bonds is 4. The lowest BCUT2D eigenvalue weighted by atomic mass is 9.84. The molecule has 1 aliphatic heterocycles. The molecule has 1 atom stereocenters. The molecule has 0 unspecified atom stereocenters. The third-order valence-electron chi connectivity index (χ3n) is 4.13. The summed E-state index contributed by atoms with van der Waals surface area (Å²) in [7, 11) is 0. The Labute approximate surface area is 128 Å². The summed E-state index contributed by atoms with van der Waals surface area (Å²) in [4.78, 5) is 14.7. The second kappa shape index (κ2) is 6.50. The first-order valence-corrected chi connectivity index (χ1v) is 7.93. The maximum atomic E-state index is 12.7. The van der Waals surface area contributed by atoms with Crippen molar-refractivity contribution in [3.05, 3.63) is 29.8 Å². The fourth-order valence-corrected chi connectivity index (χ4v) is 2.98. The molecule has 1 amide bonds. The first-order chi connectivity index (χ1) is 9.91. The Bertz CT molecular complexity index is 496. The monoisotopic (exact) mass is 289 g/mol. The van der Waals surface area contributed by atoms with Crippen molar-refractivity contribution in [1.29, 1.82) is 0 Å². The van der Waals surface area contributed by atoms with Crippen molar-refractivity contribution >= 4 is 5.91 Å². The van der Waals surface area contributed by atoms with Crippen LogP contribution in [0.5, 0.6) is 5.75 Å². The van der Waals surface area contributed by atoms with Gasteiger partial charge in [-0.3, -0.25) is 4.79 Å². The van der Waals surface area contributed by atoms with Gasteiger partial charge in [0.2, 0.25) is 0 Å². The number of aryl methyl sites for hydroxylation is 1. The second-order valence-corrected chi connectivity index (χ2v) is 6.86. The number of hydrogen-bond donors (Lipinski definition) is 0. The Morgan fingerprint density at radius 1 is 1.43 bits per heavy atom. The van der Waals surface area contributed by atoms with Crippen LogP contribution in [0.2, 0.25) is 0 Å². The minimum Gasteiger partial charge on any atom is -0.481 e. The molecule has 1 aliphatic rings. The van der Waals surface area contributed by atoms with E-state index in [2.05, 4.69) is 13.8 Å². The average molecular weight is 289 g/mol. The average Bonchev–Trinajstić information content (AvgIpc) is 2.43. The van der Waals surface area contributed by atoms with Crippen molar-refractivity contribution in [1.82, 2.24) is 4.90 Å². The number of hydrogen-bond acceptors (Lipinski definition) is 2. The molecule has 3 nitrogen and oxygen atoms in total. The van der Waals surface area contributed by atoms with Gasteiger partial charge in [-0.1, -0.05) is 32.9 Å². The van der Waals surface area contributed by atoms with Gasteiger partial charge in [0, 0.05) is 13.1 Å². The predicted octanol–water partition coefficient (Wildman–Crippen LogP) is 3.80. The van der Waals surface area contributed by atoms with E-state index >= 15 is 0 Å². The summed E-state index contributed by atoms with van der Waals surface area (Å²) in [6.45, 7) is 10.2. The topological polar surface area (TPSA) is 29.5 Å². The van der Waals surface area contributed by atoms with Gasteiger partial charge in [-0.2, -0.15) is 0 Å². The highest BCUT2D eigenvalue weighted by molar-refractivity contribution is 5.81. The maximum absolute atomic E-state index is 12.7. The van der Waals surface area contributed by atoms with Gasteiger partial charge in [0.05, 0.1) is 0 Å². The molecule has 1 saturated heterocycles. The van der Waals surface area contributed by atoms with Crippen molar-refractivity contribution < 1.29 is 9.53 Å². The zero-order chi connectivity index (χ0) is 15.5. The Balaban J connectivity index is 2.04. The van der Waals surface area contributed by atoms with Gasteiger partial charge in [-0.15, -0.1) is 0 Å². The van der Waals surface area contributed by atoms with E-state index in [1.165, 1.54) is 6.42 Å². The van der Waals surface area contributed by atoms with E-state index in [0.717, 1.165) is 30.8 Å². The van der Waals surface area contributed by atoms with Crippen molar-refractivity contribution in [3.8, 4) is 5.75 Å². The highest BCUT2D eigenvalue weighted by Crippen LogP contribution is 2.29. The van der Waals surface area contributed by atoms with Crippen molar-refractivity contribution in [2.45, 2.75) is 53.1 Å². The number of ether oxygens (including phenoxy) is 1. The summed E-state index contributed by atoms with van der Waals surface area (Å²) < 4.78 is 5.94. The molecule has 0 radical (unpaired) electrons. The summed E-state index contributed by atoms with van der Waals surface area (Å²) >= 11 is 0. The zero-order valence-corrected chi connectivity index (χ0v) is 13.7. The molecule has 0 spiro atoms. The van der Waals surface area contributed by atoms with Crippen LogP contribution in [0.4, 0.5) is 0 Å². The van der Waals surface area contributed by atoms with E-state index in [1.807, 2.05) is 43.0 Å². The summed E-state index contributed by atoms with van der Waals surface area (Å²) in [5, 5.41) is 0. The molecule has 2 rings (SSSR count). The van der Waals surface area contributed by atoms with E-state index in [0.29, 0.717) is 6.42 Å². The maximum Gasteiger partial charge on any atom is 0.263 e. The molecule has 3 heteroatoms. The van der Waals surface area contributed by atoms with Crippen LogP contribution < -0.4 is 4.74 Å². The molecule has 1 aromatic rings. The Morgan fingerprint density at radius 3 is 2.81 bits per heavy atom. The van der Waals surface area contributed by atoms with E-state index in [9.17, 15) is 4.79 Å². The lowest BCUT2D eigenvalue weighted by molar-refractivity contribution is -0.142. The molecule has 116 valence electrons. The van der Waals surface area contributed by atoms with Gasteiger partial charge >= 0.3 is 0 Å². The normalized spacial score (nSPS) is 19.1. The standard InChI is InChI=1S/C18H27NO2/c1-5-16(21-15-9-6-8-14(2)12-15)17(20)19-11-7-10-18(3,4)13-19/h6,8-9,12,16H,5,7,10-11,13H2,1-4H3/t16-/m0/s1. The van der Waals surface area contributed by atoms with Crippen LogP contribution in [0.15, 0.2) is 24.3 Å². The number of carbonyl (C=O) groups is 1. The highest BCUT2D eigenvalue weighted by Gasteiger charge is 2.32. The molecule has 0 aliphatic carbocycles. The lowest BCUT2D eigenvalue weighted by Crippen LogP contribution is -2.48. The summed E-state index contributed by atoms with van der Waals surface area (Å²) in [6, 6.07) is 7.90. The van der Waals surface area contributed by atoms with E-state index in [-0.39, 0.29) is 17.4 Å². The largest absolute Gasteiger partial charge is 0.481 e. The third-order valence-corrected chi connectivity index (χ3v) is 4.13. The number of piperidine rings is 1. The number of amides is 1. The summed E-state index contributed by atoms with van der Waals surface area (Å²) in [6.07, 6.45) is 2.59. The molecular formula is C18H27NO2. The Hall–Kier alpha value is -1.51. The molecule has 21 heavy (non-hydrogen) atoms. The lowest BCUT2D eigenvalue weighted by Gasteiger charge is -2.39. The fraction of sp³-hybridized carbons (Fsp3) is 0.611. The van der Waals surface area contributed by atoms with Crippen molar-refractivity contribution in [2.75, 3.05) is 13.1 Å². The van der Waals surface area contributed by atoms with E-state index in [4.69, 9.17) is 4.74 Å². The third kappa shape index (κ3) is 4.23. The minimum atomic E-state index is -0.374. The SMILES string of the molecule is CC[C@H](Oc1cccc(C)c1)C(=O)N1CCCC(C)(C)C1. The highest BCUT2D eigenvalue weighted by atomic mass is 16.5. The van der Waals surface area contributed by atoms with Gasteiger partial charge in [0.1, 0.15) is 5.75 Å². The molecule has 1 fully saturated rings. The van der Waals surface area contributed by atoms with Gasteiger partial charge < -0.3 is 9.64 Å². The van der Waals surface area contributed by atoms with E-state index in [1.54, 1.807) is 0 Å². The van der Waals surface area contributed by atoms with Crippen LogP contribution in [0, 0.1) is 12.3 Å². The van der Waals surface area contributed by atoms with Crippen LogP contribution >= 0.6 is 0 Å². The van der Waals surface area contributed by atoms with Gasteiger partial charge in [0.15, 0.2) is 6.10 Å². The molecule has 0 aromatic heterocycles. The molecule has 0 bridgehead atoms. The van der Waals surface area contributed by atoms with Gasteiger partial charge in [-0.05, 0) is 49.3 Å². The Morgan fingerprint density at radius 2 is 2.19 bits per heavy atom. The zero-order valence-electron chi connectivity index (χ0n) is 13.7. The van der Waals surface area contributed by atoms with Gasteiger partial charge in [-0.25, -0.2) is 0 Å². The molecule has 1 heterocycles. The molecular weight excluding hydrogens is 262 g/mol. The Kier molecular flexibility index (Phi) is 4.92. The van der Waals surface area contributed by atoms with Crippen LogP contribution in [0.1, 0.15) is 45.6 Å². The number of likely N-dealkylation sites (tertiary alicyclic amines) is 1. The van der Waals surface area contributed by atoms with Crippen LogP contribution in [0.25, 0.3) is 0 Å². The number of carbonyl (C=O) groups excluding carboxylic acids is 1.